The molecule has 0 fully saturated rings. The molecule has 7 heteroatoms. The summed E-state index contributed by atoms with van der Waals surface area (Å²) < 4.78 is 6.48. The number of nitrogens with zero attached hydrogens (tertiary/aromatic N) is 1. The van der Waals surface area contributed by atoms with E-state index in [1.165, 1.54) is 4.90 Å². The minimum Gasteiger partial charge on any atom is -0.465 e. The Balaban J connectivity index is 3.50. The summed E-state index contributed by atoms with van der Waals surface area (Å²) in [6.07, 6.45) is -0.781. The zero-order chi connectivity index (χ0) is 25.8. The van der Waals surface area contributed by atoms with Crippen LogP contribution in [0.5, 0.6) is 0 Å². The second-order valence-corrected chi connectivity index (χ2v) is 21.8. The summed E-state index contributed by atoms with van der Waals surface area (Å²) >= 11 is 0. The van der Waals surface area contributed by atoms with Crippen LogP contribution in [0.15, 0.2) is 24.3 Å². The predicted octanol–water partition coefficient (Wildman–Crippen LogP) is 6.19. The average molecular weight is 490 g/mol. The van der Waals surface area contributed by atoms with E-state index >= 15 is 0 Å². The van der Waals surface area contributed by atoms with Crippen LogP contribution in [0.3, 0.4) is 0 Å². The van der Waals surface area contributed by atoms with Gasteiger partial charge in [0.2, 0.25) is 0 Å². The molecular weight excluding hydrogens is 446 g/mol. The predicted molar refractivity (Wildman–Crippen MR) is 142 cm³/mol. The van der Waals surface area contributed by atoms with Crippen molar-refractivity contribution in [2.75, 3.05) is 0 Å². The zero-order valence-corrected chi connectivity index (χ0v) is 24.4. The minimum atomic E-state index is -2.32. The molecular formula is C26H43NO4Si2. The maximum absolute atomic E-state index is 12.4. The number of carboxylic acid groups (broad SMARTS) is 1. The third-order valence-corrected chi connectivity index (χ3v) is 11.3. The number of aldehydes is 1. The van der Waals surface area contributed by atoms with Crippen molar-refractivity contribution in [1.82, 2.24) is 4.90 Å². The smallest absolute Gasteiger partial charge is 0.408 e. The van der Waals surface area contributed by atoms with Crippen LogP contribution in [0.4, 0.5) is 4.79 Å². The number of carbonyl (C=O) groups excluding carboxylic acids is 1. The molecule has 0 aliphatic rings. The molecule has 0 aromatic heterocycles. The lowest BCUT2D eigenvalue weighted by atomic mass is 9.94. The number of hydrogen-bond donors (Lipinski definition) is 1. The van der Waals surface area contributed by atoms with E-state index in [0.717, 1.165) is 17.4 Å². The lowest BCUT2D eigenvalue weighted by molar-refractivity contribution is -0.117. The van der Waals surface area contributed by atoms with Gasteiger partial charge in [0.05, 0.1) is 6.04 Å². The first-order valence-corrected chi connectivity index (χ1v) is 18.0. The molecule has 33 heavy (non-hydrogen) atoms. The van der Waals surface area contributed by atoms with E-state index in [-0.39, 0.29) is 5.04 Å². The van der Waals surface area contributed by atoms with Crippen LogP contribution in [0, 0.1) is 11.5 Å². The first-order valence-electron chi connectivity index (χ1n) is 11.6. The topological polar surface area (TPSA) is 66.8 Å². The Labute approximate surface area is 203 Å². The monoisotopic (exact) mass is 489 g/mol. The molecule has 1 N–H and O–H groups in total. The van der Waals surface area contributed by atoms with Gasteiger partial charge in [0.25, 0.3) is 0 Å². The molecule has 1 amide bonds. The summed E-state index contributed by atoms with van der Waals surface area (Å²) in [5.74, 6) is 3.27. The van der Waals surface area contributed by atoms with Crippen molar-refractivity contribution in [3.63, 3.8) is 0 Å². The molecule has 1 aromatic carbocycles. The van der Waals surface area contributed by atoms with Crippen LogP contribution >= 0.6 is 0 Å². The molecule has 0 aliphatic heterocycles. The Bertz CT molecular complexity index is 896. The highest BCUT2D eigenvalue weighted by molar-refractivity contribution is 6.83. The van der Waals surface area contributed by atoms with E-state index in [1.807, 2.05) is 45.0 Å². The summed E-state index contributed by atoms with van der Waals surface area (Å²) in [6, 6.07) is 7.20. The summed E-state index contributed by atoms with van der Waals surface area (Å²) in [5.41, 5.74) is 4.51. The third-order valence-electron chi connectivity index (χ3n) is 5.96. The summed E-state index contributed by atoms with van der Waals surface area (Å²) in [5, 5.41) is 10.0. The fourth-order valence-electron chi connectivity index (χ4n) is 3.27. The molecule has 0 saturated carbocycles. The largest absolute Gasteiger partial charge is 0.465 e. The second kappa shape index (κ2) is 10.6. The van der Waals surface area contributed by atoms with Crippen molar-refractivity contribution in [2.24, 2.45) is 0 Å². The molecule has 184 valence electrons. The number of rotatable bonds is 7. The van der Waals surface area contributed by atoms with E-state index in [2.05, 4.69) is 65.0 Å². The first kappa shape index (κ1) is 29.1. The van der Waals surface area contributed by atoms with Gasteiger partial charge in [-0.15, -0.1) is 5.54 Å². The molecule has 0 heterocycles. The van der Waals surface area contributed by atoms with Crippen molar-refractivity contribution >= 4 is 28.8 Å². The number of hydrogen-bond acceptors (Lipinski definition) is 3. The van der Waals surface area contributed by atoms with Gasteiger partial charge in [-0.25, -0.2) is 4.79 Å². The molecule has 1 unspecified atom stereocenters. The van der Waals surface area contributed by atoms with Gasteiger partial charge in [0.15, 0.2) is 8.32 Å². The lowest BCUT2D eigenvalue weighted by Gasteiger charge is -2.45. The molecule has 5 nitrogen and oxygen atoms in total. The first-order chi connectivity index (χ1) is 14.8. The van der Waals surface area contributed by atoms with Crippen LogP contribution in [0.1, 0.15) is 52.7 Å². The molecule has 1 aromatic rings. The molecule has 0 bridgehead atoms. The van der Waals surface area contributed by atoms with E-state index in [4.69, 9.17) is 4.43 Å². The van der Waals surface area contributed by atoms with Crippen LogP contribution in [0.2, 0.25) is 37.8 Å². The summed E-state index contributed by atoms with van der Waals surface area (Å²) in [7, 11) is -3.85. The van der Waals surface area contributed by atoms with Crippen molar-refractivity contribution in [3.05, 3.63) is 35.4 Å². The molecule has 0 aliphatic carbocycles. The highest BCUT2D eigenvalue weighted by Crippen LogP contribution is 2.38. The number of amides is 1. The van der Waals surface area contributed by atoms with E-state index in [1.54, 1.807) is 0 Å². The Morgan fingerprint density at radius 3 is 2.12 bits per heavy atom. The fourth-order valence-corrected chi connectivity index (χ4v) is 5.04. The fraction of sp³-hybridized carbons (Fsp3) is 0.615. The molecule has 0 saturated heterocycles. The van der Waals surface area contributed by atoms with Crippen molar-refractivity contribution in [3.8, 4) is 11.5 Å². The van der Waals surface area contributed by atoms with E-state index in [9.17, 15) is 14.7 Å². The minimum absolute atomic E-state index is 0.110. The standard InChI is InChI=1S/C26H43NO4Si2/c1-25(2,3)27(24(29)30)22(23(19-28)31-33(10,11)26(4,5)6)18-21-14-12-13-20(17-21)15-16-32(7,8)9/h12-14,17,19,22-23H,18H2,1-11H3,(H,29,30)/t22?,23-/m1/s1. The average Bonchev–Trinajstić information content (AvgIpc) is 2.61. The molecule has 1 rings (SSSR count). The maximum atomic E-state index is 12.4. The molecule has 2 atom stereocenters. The van der Waals surface area contributed by atoms with Gasteiger partial charge in [0, 0.05) is 11.1 Å². The van der Waals surface area contributed by atoms with Crippen LogP contribution in [-0.4, -0.2) is 56.5 Å². The number of carbonyl (C=O) groups is 2. The van der Waals surface area contributed by atoms with Crippen LogP contribution in [-0.2, 0) is 15.6 Å². The number of benzene rings is 1. The Morgan fingerprint density at radius 1 is 1.12 bits per heavy atom. The molecule has 0 spiro atoms. The van der Waals surface area contributed by atoms with Gasteiger partial charge in [-0.1, -0.05) is 58.5 Å². The SMILES string of the molecule is CC(C)(C)N(C(=O)O)C(Cc1cccc(C#C[Si](C)(C)C)c1)[C@@H](C=O)O[Si](C)(C)C(C)(C)C. The molecule has 0 radical (unpaired) electrons. The van der Waals surface area contributed by atoms with Gasteiger partial charge >= 0.3 is 6.09 Å². The highest BCUT2D eigenvalue weighted by Gasteiger charge is 2.44. The van der Waals surface area contributed by atoms with Crippen molar-refractivity contribution in [1.29, 1.82) is 0 Å². The van der Waals surface area contributed by atoms with Gasteiger partial charge < -0.3 is 14.3 Å². The summed E-state index contributed by atoms with van der Waals surface area (Å²) in [4.78, 5) is 26.1. The lowest BCUT2D eigenvalue weighted by Crippen LogP contribution is -2.59. The van der Waals surface area contributed by atoms with Crippen molar-refractivity contribution in [2.45, 2.75) is 103 Å². The van der Waals surface area contributed by atoms with Crippen LogP contribution in [0.25, 0.3) is 0 Å². The van der Waals surface area contributed by atoms with E-state index in [0.29, 0.717) is 6.42 Å². The Morgan fingerprint density at radius 2 is 1.70 bits per heavy atom. The second-order valence-electron chi connectivity index (χ2n) is 12.3. The highest BCUT2D eigenvalue weighted by atomic mass is 28.4. The Kier molecular flexibility index (Phi) is 9.35. The van der Waals surface area contributed by atoms with Gasteiger partial charge in [0.1, 0.15) is 20.5 Å². The van der Waals surface area contributed by atoms with Gasteiger partial charge in [-0.2, -0.15) is 0 Å². The van der Waals surface area contributed by atoms with E-state index < -0.39 is 40.2 Å². The van der Waals surface area contributed by atoms with Crippen LogP contribution < -0.4 is 0 Å². The Hall–Kier alpha value is -1.89. The van der Waals surface area contributed by atoms with Gasteiger partial charge in [-0.3, -0.25) is 4.90 Å². The normalized spacial score (nSPS) is 14.6. The van der Waals surface area contributed by atoms with Gasteiger partial charge in [-0.05, 0) is 63.0 Å². The maximum Gasteiger partial charge on any atom is 0.408 e. The quantitative estimate of drug-likeness (QED) is 0.281. The van der Waals surface area contributed by atoms with Crippen molar-refractivity contribution < 1.29 is 19.1 Å². The zero-order valence-electron chi connectivity index (χ0n) is 22.4. The summed E-state index contributed by atoms with van der Waals surface area (Å²) in [6.45, 7) is 22.6. The third kappa shape index (κ3) is 8.76.